The van der Waals surface area contributed by atoms with Crippen molar-refractivity contribution >= 4 is 30.2 Å². The van der Waals surface area contributed by atoms with Crippen LogP contribution in [0.2, 0.25) is 0 Å². The molecule has 3 heteroatoms. The molecule has 0 aliphatic carbocycles. The van der Waals surface area contributed by atoms with Gasteiger partial charge >= 0.3 is 23.9 Å². The summed E-state index contributed by atoms with van der Waals surface area (Å²) in [5.41, 5.74) is 0. The summed E-state index contributed by atoms with van der Waals surface area (Å²) < 4.78 is 0. The summed E-state index contributed by atoms with van der Waals surface area (Å²) in [6.07, 6.45) is 4.72. The SMILES string of the molecule is CCCCC(O)CCC=O.[SnH4]. The number of aldehydes is 1. The van der Waals surface area contributed by atoms with Crippen molar-refractivity contribution in [2.75, 3.05) is 0 Å². The molecule has 0 radical (unpaired) electrons. The summed E-state index contributed by atoms with van der Waals surface area (Å²) in [5, 5.41) is 9.15. The average molecular weight is 267 g/mol. The van der Waals surface area contributed by atoms with E-state index in [0.29, 0.717) is 12.8 Å². The van der Waals surface area contributed by atoms with Gasteiger partial charge in [-0.25, -0.2) is 0 Å². The van der Waals surface area contributed by atoms with Gasteiger partial charge in [-0.3, -0.25) is 0 Å². The maximum atomic E-state index is 9.87. The molecule has 0 aliphatic heterocycles. The Balaban J connectivity index is 0. The van der Waals surface area contributed by atoms with Crippen LogP contribution in [0.3, 0.4) is 0 Å². The molecule has 0 bridgehead atoms. The molecule has 0 aromatic carbocycles. The van der Waals surface area contributed by atoms with E-state index in [1.807, 2.05) is 0 Å². The van der Waals surface area contributed by atoms with Crippen LogP contribution in [0.15, 0.2) is 0 Å². The van der Waals surface area contributed by atoms with E-state index in [4.69, 9.17) is 5.11 Å². The van der Waals surface area contributed by atoms with Gasteiger partial charge in [-0.05, 0) is 12.8 Å². The number of rotatable bonds is 6. The third-order valence-electron chi connectivity index (χ3n) is 1.51. The van der Waals surface area contributed by atoms with Crippen LogP contribution in [0.1, 0.15) is 39.0 Å². The van der Waals surface area contributed by atoms with E-state index < -0.39 is 0 Å². The van der Waals surface area contributed by atoms with Gasteiger partial charge in [0.15, 0.2) is 0 Å². The van der Waals surface area contributed by atoms with Gasteiger partial charge in [0.05, 0.1) is 6.10 Å². The Bertz CT molecular complexity index is 86.2. The molecule has 0 rings (SSSR count). The van der Waals surface area contributed by atoms with Crippen molar-refractivity contribution < 1.29 is 9.90 Å². The summed E-state index contributed by atoms with van der Waals surface area (Å²) in [5.74, 6) is 0. The molecule has 0 heterocycles. The molecule has 0 aromatic rings. The number of carbonyl (C=O) groups excluding carboxylic acids is 1. The summed E-state index contributed by atoms with van der Waals surface area (Å²) in [6, 6.07) is 0. The van der Waals surface area contributed by atoms with E-state index >= 15 is 0 Å². The Morgan fingerprint density at radius 1 is 1.45 bits per heavy atom. The topological polar surface area (TPSA) is 37.3 Å². The minimum absolute atomic E-state index is 0. The van der Waals surface area contributed by atoms with Crippen molar-refractivity contribution in [1.82, 2.24) is 0 Å². The molecule has 0 aromatic heterocycles. The first-order valence-corrected chi connectivity index (χ1v) is 3.93. The number of unbranched alkanes of at least 4 members (excludes halogenated alkanes) is 1. The van der Waals surface area contributed by atoms with Crippen LogP contribution in [0, 0.1) is 0 Å². The molecule has 0 amide bonds. The van der Waals surface area contributed by atoms with Gasteiger partial charge in [0.25, 0.3) is 0 Å². The maximum absolute atomic E-state index is 9.87. The zero-order valence-corrected chi connectivity index (χ0v) is 6.55. The predicted molar refractivity (Wildman–Crippen MR) is 52.2 cm³/mol. The fraction of sp³-hybridized carbons (Fsp3) is 0.875. The van der Waals surface area contributed by atoms with Crippen molar-refractivity contribution in [1.29, 1.82) is 0 Å². The first-order valence-electron chi connectivity index (χ1n) is 3.93. The Hall–Kier alpha value is 0.429. The first kappa shape index (κ1) is 14.0. The van der Waals surface area contributed by atoms with E-state index in [2.05, 4.69) is 6.92 Å². The average Bonchev–Trinajstić information content (AvgIpc) is 1.97. The molecule has 0 aliphatic rings. The number of aliphatic hydroxyl groups is 1. The predicted octanol–water partition coefficient (Wildman–Crippen LogP) is 0.0650. The molecule has 1 N–H and O–H groups in total. The molecule has 68 valence electrons. The summed E-state index contributed by atoms with van der Waals surface area (Å²) in [7, 11) is 0. The van der Waals surface area contributed by atoms with Crippen LogP contribution in [-0.2, 0) is 4.79 Å². The van der Waals surface area contributed by atoms with Crippen LogP contribution in [0.4, 0.5) is 0 Å². The van der Waals surface area contributed by atoms with E-state index in [1.54, 1.807) is 0 Å². The molecule has 2 nitrogen and oxygen atoms in total. The molecular weight excluding hydrogens is 247 g/mol. The van der Waals surface area contributed by atoms with E-state index in [0.717, 1.165) is 25.5 Å². The number of hydrogen-bond donors (Lipinski definition) is 1. The Morgan fingerprint density at radius 2 is 2.09 bits per heavy atom. The van der Waals surface area contributed by atoms with Gasteiger partial charge in [0.1, 0.15) is 6.29 Å². The summed E-state index contributed by atoms with van der Waals surface area (Å²) in [4.78, 5) is 9.87. The zero-order chi connectivity index (χ0) is 7.82. The van der Waals surface area contributed by atoms with Gasteiger partial charge in [-0.1, -0.05) is 19.8 Å². The second-order valence-electron chi connectivity index (χ2n) is 2.54. The molecule has 0 saturated carbocycles. The second-order valence-corrected chi connectivity index (χ2v) is 2.54. The van der Waals surface area contributed by atoms with E-state index in [9.17, 15) is 4.79 Å². The standard InChI is InChI=1S/C8H16O2.Sn.4H/c1-2-3-5-8(10)6-4-7-9;;;;;/h7-8,10H,2-6H2,1H3;;;;;. The summed E-state index contributed by atoms with van der Waals surface area (Å²) >= 11 is 0. The van der Waals surface area contributed by atoms with E-state index in [1.165, 1.54) is 0 Å². The monoisotopic (exact) mass is 268 g/mol. The molecule has 1 unspecified atom stereocenters. The summed E-state index contributed by atoms with van der Waals surface area (Å²) in [6.45, 7) is 2.09. The van der Waals surface area contributed by atoms with Gasteiger partial charge in [0, 0.05) is 6.42 Å². The van der Waals surface area contributed by atoms with Crippen LogP contribution >= 0.6 is 0 Å². The van der Waals surface area contributed by atoms with Gasteiger partial charge in [-0.2, -0.15) is 0 Å². The number of aliphatic hydroxyl groups excluding tert-OH is 1. The molecular formula is C8H20O2Sn. The Labute approximate surface area is 85.3 Å². The van der Waals surface area contributed by atoms with Crippen molar-refractivity contribution in [3.05, 3.63) is 0 Å². The fourth-order valence-electron chi connectivity index (χ4n) is 0.845. The van der Waals surface area contributed by atoms with Crippen LogP contribution in [-0.4, -0.2) is 41.4 Å². The molecule has 0 fully saturated rings. The molecule has 0 saturated heterocycles. The van der Waals surface area contributed by atoms with Crippen molar-refractivity contribution in [2.45, 2.75) is 45.1 Å². The minimum atomic E-state index is -0.259. The zero-order valence-electron chi connectivity index (χ0n) is 6.55. The van der Waals surface area contributed by atoms with Crippen LogP contribution in [0.25, 0.3) is 0 Å². The van der Waals surface area contributed by atoms with Gasteiger partial charge in [0.2, 0.25) is 0 Å². The second kappa shape index (κ2) is 10.4. The number of carbonyl (C=O) groups is 1. The molecule has 11 heavy (non-hydrogen) atoms. The fourth-order valence-corrected chi connectivity index (χ4v) is 0.845. The quantitative estimate of drug-likeness (QED) is 0.546. The van der Waals surface area contributed by atoms with Gasteiger partial charge < -0.3 is 9.90 Å². The Kier molecular flexibility index (Phi) is 13.3. The third kappa shape index (κ3) is 10.4. The number of hydrogen-bond acceptors (Lipinski definition) is 2. The van der Waals surface area contributed by atoms with Crippen molar-refractivity contribution in [3.63, 3.8) is 0 Å². The normalized spacial score (nSPS) is 11.8. The van der Waals surface area contributed by atoms with Crippen LogP contribution < -0.4 is 0 Å². The Morgan fingerprint density at radius 3 is 2.55 bits per heavy atom. The first-order chi connectivity index (χ1) is 4.81. The van der Waals surface area contributed by atoms with Crippen molar-refractivity contribution in [3.8, 4) is 0 Å². The molecule has 0 spiro atoms. The van der Waals surface area contributed by atoms with E-state index in [-0.39, 0.29) is 30.0 Å². The van der Waals surface area contributed by atoms with Crippen molar-refractivity contribution in [2.24, 2.45) is 0 Å². The van der Waals surface area contributed by atoms with Crippen LogP contribution in [0.5, 0.6) is 0 Å². The third-order valence-corrected chi connectivity index (χ3v) is 1.51. The van der Waals surface area contributed by atoms with Gasteiger partial charge in [-0.15, -0.1) is 0 Å². The molecule has 1 atom stereocenters.